The molecular weight excluding hydrogens is 413 g/mol. The van der Waals surface area contributed by atoms with Gasteiger partial charge in [0, 0.05) is 26.7 Å². The molecule has 1 aromatic rings. The molecule has 1 aliphatic rings. The van der Waals surface area contributed by atoms with E-state index in [0.29, 0.717) is 0 Å². The zero-order chi connectivity index (χ0) is 16.7. The van der Waals surface area contributed by atoms with E-state index >= 15 is 0 Å². The molecule has 2 rings (SSSR count). The minimum atomic E-state index is 0. The van der Waals surface area contributed by atoms with Crippen molar-refractivity contribution in [1.82, 2.24) is 10.2 Å². The van der Waals surface area contributed by atoms with E-state index in [9.17, 15) is 0 Å². The highest BCUT2D eigenvalue weighted by atomic mass is 127. The van der Waals surface area contributed by atoms with E-state index in [1.54, 1.807) is 7.11 Å². The number of rotatable bonds is 6. The molecule has 5 heteroatoms. The van der Waals surface area contributed by atoms with Gasteiger partial charge >= 0.3 is 0 Å². The number of nitrogens with zero attached hydrogens (tertiary/aromatic N) is 2. The Bertz CT molecular complexity index is 519. The van der Waals surface area contributed by atoms with E-state index in [1.807, 2.05) is 19.2 Å². The Balaban J connectivity index is 0.00000288. The fourth-order valence-corrected chi connectivity index (χ4v) is 3.36. The van der Waals surface area contributed by atoms with Gasteiger partial charge in [0.2, 0.25) is 0 Å². The fraction of sp³-hybridized carbons (Fsp3) is 0.632. The lowest BCUT2D eigenvalue weighted by Crippen LogP contribution is -2.40. The number of methoxy groups -OCH3 is 1. The van der Waals surface area contributed by atoms with Crippen molar-refractivity contribution in [2.24, 2.45) is 16.8 Å². The molecule has 1 N–H and O–H groups in total. The molecule has 1 fully saturated rings. The SMILES string of the molecule is CN=C(NCCc1cccc(OC)c1)N1CCC(CC(C)C)C1.I. The Hall–Kier alpha value is -0.980. The molecule has 0 aliphatic carbocycles. The van der Waals surface area contributed by atoms with Gasteiger partial charge < -0.3 is 15.0 Å². The van der Waals surface area contributed by atoms with Crippen LogP contribution >= 0.6 is 24.0 Å². The summed E-state index contributed by atoms with van der Waals surface area (Å²) >= 11 is 0. The topological polar surface area (TPSA) is 36.9 Å². The Morgan fingerprint density at radius 1 is 1.42 bits per heavy atom. The minimum Gasteiger partial charge on any atom is -0.497 e. The summed E-state index contributed by atoms with van der Waals surface area (Å²) in [6.45, 7) is 7.77. The first-order chi connectivity index (χ1) is 11.1. The normalized spacial score (nSPS) is 17.8. The number of hydrogen-bond donors (Lipinski definition) is 1. The van der Waals surface area contributed by atoms with Crippen molar-refractivity contribution in [3.05, 3.63) is 29.8 Å². The maximum absolute atomic E-state index is 5.28. The third-order valence-electron chi connectivity index (χ3n) is 4.43. The van der Waals surface area contributed by atoms with Crippen LogP contribution in [0.1, 0.15) is 32.3 Å². The Morgan fingerprint density at radius 2 is 2.21 bits per heavy atom. The maximum atomic E-state index is 5.28. The van der Waals surface area contributed by atoms with Crippen LogP contribution in [0.2, 0.25) is 0 Å². The highest BCUT2D eigenvalue weighted by Gasteiger charge is 2.25. The lowest BCUT2D eigenvalue weighted by molar-refractivity contribution is 0.403. The molecule has 0 aromatic heterocycles. The van der Waals surface area contributed by atoms with Crippen LogP contribution in [0.3, 0.4) is 0 Å². The molecule has 0 spiro atoms. The molecule has 1 heterocycles. The molecule has 0 saturated carbocycles. The van der Waals surface area contributed by atoms with E-state index in [1.165, 1.54) is 18.4 Å². The van der Waals surface area contributed by atoms with Crippen molar-refractivity contribution in [2.75, 3.05) is 33.8 Å². The van der Waals surface area contributed by atoms with E-state index < -0.39 is 0 Å². The second-order valence-corrected chi connectivity index (χ2v) is 6.81. The smallest absolute Gasteiger partial charge is 0.193 e. The first-order valence-corrected chi connectivity index (χ1v) is 8.71. The molecule has 1 aromatic carbocycles. The van der Waals surface area contributed by atoms with Crippen LogP contribution in [0.25, 0.3) is 0 Å². The molecule has 0 amide bonds. The van der Waals surface area contributed by atoms with Crippen molar-refractivity contribution in [1.29, 1.82) is 0 Å². The van der Waals surface area contributed by atoms with Crippen LogP contribution in [0, 0.1) is 11.8 Å². The van der Waals surface area contributed by atoms with Gasteiger partial charge in [-0.25, -0.2) is 0 Å². The van der Waals surface area contributed by atoms with Gasteiger partial charge in [-0.1, -0.05) is 26.0 Å². The van der Waals surface area contributed by atoms with Crippen LogP contribution < -0.4 is 10.1 Å². The lowest BCUT2D eigenvalue weighted by Gasteiger charge is -2.22. The summed E-state index contributed by atoms with van der Waals surface area (Å²) in [7, 11) is 3.59. The highest BCUT2D eigenvalue weighted by molar-refractivity contribution is 14.0. The third kappa shape index (κ3) is 6.49. The van der Waals surface area contributed by atoms with Crippen LogP contribution in [-0.2, 0) is 6.42 Å². The van der Waals surface area contributed by atoms with Crippen LogP contribution in [0.15, 0.2) is 29.3 Å². The number of halogens is 1. The van der Waals surface area contributed by atoms with E-state index in [4.69, 9.17) is 4.74 Å². The molecule has 4 nitrogen and oxygen atoms in total. The second kappa shape index (κ2) is 10.8. The summed E-state index contributed by atoms with van der Waals surface area (Å²) in [6.07, 6.45) is 3.57. The highest BCUT2D eigenvalue weighted by Crippen LogP contribution is 2.23. The van der Waals surface area contributed by atoms with E-state index in [0.717, 1.165) is 49.6 Å². The molecule has 0 radical (unpaired) electrons. The van der Waals surface area contributed by atoms with Gasteiger partial charge in [0.1, 0.15) is 5.75 Å². The number of guanidine groups is 1. The summed E-state index contributed by atoms with van der Waals surface area (Å²) < 4.78 is 5.28. The summed E-state index contributed by atoms with van der Waals surface area (Å²) in [5, 5.41) is 3.51. The molecular formula is C19H32IN3O. The monoisotopic (exact) mass is 445 g/mol. The number of likely N-dealkylation sites (tertiary alicyclic amines) is 1. The van der Waals surface area contributed by atoms with Gasteiger partial charge in [-0.15, -0.1) is 24.0 Å². The van der Waals surface area contributed by atoms with Crippen LogP contribution in [0.5, 0.6) is 5.75 Å². The Labute approximate surface area is 164 Å². The maximum Gasteiger partial charge on any atom is 0.193 e. The molecule has 1 atom stereocenters. The lowest BCUT2D eigenvalue weighted by atomic mass is 9.97. The summed E-state index contributed by atoms with van der Waals surface area (Å²) in [6, 6.07) is 8.26. The van der Waals surface area contributed by atoms with Crippen LogP contribution in [-0.4, -0.2) is 44.7 Å². The zero-order valence-electron chi connectivity index (χ0n) is 15.4. The minimum absolute atomic E-state index is 0. The van der Waals surface area contributed by atoms with Crippen molar-refractivity contribution < 1.29 is 4.74 Å². The van der Waals surface area contributed by atoms with Crippen molar-refractivity contribution >= 4 is 29.9 Å². The quantitative estimate of drug-likeness (QED) is 0.411. The predicted molar refractivity (Wildman–Crippen MR) is 113 cm³/mol. The average Bonchev–Trinajstić information content (AvgIpc) is 2.99. The van der Waals surface area contributed by atoms with Crippen molar-refractivity contribution in [2.45, 2.75) is 33.1 Å². The number of hydrogen-bond acceptors (Lipinski definition) is 2. The molecule has 24 heavy (non-hydrogen) atoms. The summed E-state index contributed by atoms with van der Waals surface area (Å²) in [4.78, 5) is 6.86. The molecule has 1 unspecified atom stereocenters. The first-order valence-electron chi connectivity index (χ1n) is 8.71. The summed E-state index contributed by atoms with van der Waals surface area (Å²) in [5.74, 6) is 3.55. The van der Waals surface area contributed by atoms with Crippen molar-refractivity contribution in [3.63, 3.8) is 0 Å². The average molecular weight is 445 g/mol. The second-order valence-electron chi connectivity index (χ2n) is 6.81. The third-order valence-corrected chi connectivity index (χ3v) is 4.43. The van der Waals surface area contributed by atoms with Gasteiger partial charge in [0.25, 0.3) is 0 Å². The molecule has 0 bridgehead atoms. The summed E-state index contributed by atoms with van der Waals surface area (Å²) in [5.41, 5.74) is 1.28. The Morgan fingerprint density at radius 3 is 2.88 bits per heavy atom. The van der Waals surface area contributed by atoms with Gasteiger partial charge in [-0.2, -0.15) is 0 Å². The van der Waals surface area contributed by atoms with Gasteiger partial charge in [0.05, 0.1) is 7.11 Å². The molecule has 1 aliphatic heterocycles. The predicted octanol–water partition coefficient (Wildman–Crippen LogP) is 3.80. The van der Waals surface area contributed by atoms with E-state index in [-0.39, 0.29) is 24.0 Å². The largest absolute Gasteiger partial charge is 0.497 e. The zero-order valence-corrected chi connectivity index (χ0v) is 17.7. The first kappa shape index (κ1) is 21.1. The van der Waals surface area contributed by atoms with Gasteiger partial charge in [0.15, 0.2) is 5.96 Å². The van der Waals surface area contributed by atoms with E-state index in [2.05, 4.69) is 41.2 Å². The van der Waals surface area contributed by atoms with Crippen LogP contribution in [0.4, 0.5) is 0 Å². The standard InChI is InChI=1S/C19H31N3O.HI/c1-15(2)12-17-9-11-22(14-17)19(20-3)21-10-8-16-6-5-7-18(13-16)23-4;/h5-7,13,15,17H,8-12,14H2,1-4H3,(H,20,21);1H. The number of benzene rings is 1. The number of ether oxygens (including phenoxy) is 1. The molecule has 136 valence electrons. The Kier molecular flexibility index (Phi) is 9.48. The fourth-order valence-electron chi connectivity index (χ4n) is 3.36. The van der Waals surface area contributed by atoms with Crippen molar-refractivity contribution in [3.8, 4) is 5.75 Å². The molecule has 1 saturated heterocycles. The number of nitrogens with one attached hydrogen (secondary N) is 1. The van der Waals surface area contributed by atoms with Gasteiger partial charge in [-0.3, -0.25) is 4.99 Å². The number of aliphatic imine (C=N–C) groups is 1. The van der Waals surface area contributed by atoms with Gasteiger partial charge in [-0.05, 0) is 48.8 Å².